The number of carboxylic acid groups (broad SMARTS) is 1. The Hall–Kier alpha value is -5.44. The molecule has 0 saturated carbocycles. The molecule has 0 radical (unpaired) electrons. The third-order valence-corrected chi connectivity index (χ3v) is 8.75. The SMILES string of the molecule is C[C@H](N)C(=O)N[C@@H](C)C(=O)N[C@@H](C)C(=O)N[C@@H](C)C(=O)N[C@@H](C)C(=O)N[C@@H](C)C(=O)N(C(=O)C(C)(C)N)[C@@H](C)C(=O)N[C@@H](C)C(=O)Nc1ccc(I)cc1.O=C(O)C(F)(F)F. The number of alkyl halides is 3. The maximum absolute atomic E-state index is 13.6. The maximum atomic E-state index is 13.6. The van der Waals surface area contributed by atoms with E-state index < -0.39 is 119 Å². The number of carbonyl (C=O) groups is 10. The molecule has 0 heterocycles. The van der Waals surface area contributed by atoms with Crippen LogP contribution in [0.25, 0.3) is 0 Å². The van der Waals surface area contributed by atoms with Crippen LogP contribution in [0.4, 0.5) is 18.9 Å². The highest BCUT2D eigenvalue weighted by atomic mass is 127. The highest BCUT2D eigenvalue weighted by molar-refractivity contribution is 14.1. The monoisotopic (exact) mass is 986 g/mol. The summed E-state index contributed by atoms with van der Waals surface area (Å²) >= 11 is 2.11. The third-order valence-electron chi connectivity index (χ3n) is 8.03. The molecule has 0 aliphatic rings. The number of imide groups is 1. The highest BCUT2D eigenvalue weighted by Gasteiger charge is 2.41. The summed E-state index contributed by atoms with van der Waals surface area (Å²) < 4.78 is 32.7. The maximum Gasteiger partial charge on any atom is 0.490 e. The number of nitrogens with two attached hydrogens (primary N) is 2. The number of halogens is 4. The summed E-state index contributed by atoms with van der Waals surface area (Å²) in [5, 5.41) is 24.3. The number of nitrogens with zero attached hydrogens (tertiary/aromatic N) is 1. The molecule has 0 aliphatic carbocycles. The van der Waals surface area contributed by atoms with E-state index in [1.165, 1.54) is 69.2 Å². The van der Waals surface area contributed by atoms with Crippen molar-refractivity contribution in [3.8, 4) is 0 Å². The molecule has 0 saturated heterocycles. The summed E-state index contributed by atoms with van der Waals surface area (Å²) in [6.45, 7) is 13.5. The second kappa shape index (κ2) is 24.1. The molecule has 0 aliphatic heterocycles. The van der Waals surface area contributed by atoms with Gasteiger partial charge in [0.2, 0.25) is 47.3 Å². The first-order valence-electron chi connectivity index (χ1n) is 18.3. The van der Waals surface area contributed by atoms with Crippen LogP contribution in [0.15, 0.2) is 24.3 Å². The van der Waals surface area contributed by atoms with Crippen molar-refractivity contribution in [2.24, 2.45) is 11.5 Å². The fraction of sp³-hybridized carbons (Fsp3) is 0.556. The molecule has 25 heteroatoms. The Kier molecular flexibility index (Phi) is 22.0. The Bertz CT molecular complexity index is 1790. The number of hydrogen-bond acceptors (Lipinski definition) is 12. The second-order valence-corrected chi connectivity index (χ2v) is 15.6. The lowest BCUT2D eigenvalue weighted by molar-refractivity contribution is -0.192. The largest absolute Gasteiger partial charge is 0.490 e. The number of benzene rings is 1. The summed E-state index contributed by atoms with van der Waals surface area (Å²) in [5.74, 6) is -9.69. The van der Waals surface area contributed by atoms with E-state index in [9.17, 15) is 56.3 Å². The van der Waals surface area contributed by atoms with Gasteiger partial charge in [-0.25, -0.2) is 4.79 Å². The van der Waals surface area contributed by atoms with Gasteiger partial charge in [-0.3, -0.25) is 48.1 Å². The van der Waals surface area contributed by atoms with E-state index in [4.69, 9.17) is 21.4 Å². The van der Waals surface area contributed by atoms with Gasteiger partial charge in [0.05, 0.1) is 11.6 Å². The predicted octanol–water partition coefficient (Wildman–Crippen LogP) is -1.28. The van der Waals surface area contributed by atoms with Crippen molar-refractivity contribution in [3.05, 3.63) is 27.8 Å². The molecule has 12 N–H and O–H groups in total. The summed E-state index contributed by atoms with van der Waals surface area (Å²) in [4.78, 5) is 125. The van der Waals surface area contributed by atoms with Crippen molar-refractivity contribution in [1.82, 2.24) is 36.8 Å². The zero-order valence-corrected chi connectivity index (χ0v) is 37.2. The second-order valence-electron chi connectivity index (χ2n) is 14.4. The molecule has 0 spiro atoms. The van der Waals surface area contributed by atoms with Crippen molar-refractivity contribution in [3.63, 3.8) is 0 Å². The molecule has 342 valence electrons. The van der Waals surface area contributed by atoms with Gasteiger partial charge in [0, 0.05) is 9.26 Å². The van der Waals surface area contributed by atoms with Crippen LogP contribution < -0.4 is 48.7 Å². The Morgan fingerprint density at radius 2 is 0.902 bits per heavy atom. The number of carbonyl (C=O) groups excluding carboxylic acids is 9. The van der Waals surface area contributed by atoms with E-state index in [-0.39, 0.29) is 0 Å². The smallest absolute Gasteiger partial charge is 0.475 e. The molecule has 0 unspecified atom stereocenters. The Morgan fingerprint density at radius 3 is 1.23 bits per heavy atom. The zero-order chi connectivity index (χ0) is 47.9. The first kappa shape index (κ1) is 55.6. The van der Waals surface area contributed by atoms with Crippen LogP contribution in [0, 0.1) is 3.57 Å². The van der Waals surface area contributed by atoms with Crippen LogP contribution in [0.5, 0.6) is 0 Å². The Balaban J connectivity index is 0.00000470. The fourth-order valence-electron chi connectivity index (χ4n) is 4.31. The molecular weight excluding hydrogens is 932 g/mol. The number of rotatable bonds is 17. The molecule has 8 atom stereocenters. The minimum Gasteiger partial charge on any atom is -0.475 e. The van der Waals surface area contributed by atoms with Crippen molar-refractivity contribution < 1.29 is 66.2 Å². The van der Waals surface area contributed by atoms with Gasteiger partial charge < -0.3 is 53.8 Å². The van der Waals surface area contributed by atoms with Gasteiger partial charge in [0.25, 0.3) is 5.91 Å². The molecule has 0 aromatic heterocycles. The number of aliphatic carboxylic acids is 1. The number of amides is 9. The average Bonchev–Trinajstić information content (AvgIpc) is 3.14. The van der Waals surface area contributed by atoms with Crippen molar-refractivity contribution in [2.45, 2.75) is 129 Å². The lowest BCUT2D eigenvalue weighted by Gasteiger charge is -2.34. The molecule has 1 rings (SSSR count). The summed E-state index contributed by atoms with van der Waals surface area (Å²) in [7, 11) is 0. The van der Waals surface area contributed by atoms with E-state index in [2.05, 4.69) is 59.8 Å². The van der Waals surface area contributed by atoms with Crippen LogP contribution in [-0.4, -0.2) is 129 Å². The van der Waals surface area contributed by atoms with Crippen LogP contribution in [-0.2, 0) is 47.9 Å². The molecule has 1 aromatic rings. The molecule has 21 nitrogen and oxygen atoms in total. The number of carboxylic acids is 1. The van der Waals surface area contributed by atoms with E-state index in [0.717, 1.165) is 3.57 Å². The normalized spacial score (nSPS) is 15.1. The molecule has 1 aromatic carbocycles. The van der Waals surface area contributed by atoms with Crippen LogP contribution >= 0.6 is 22.6 Å². The van der Waals surface area contributed by atoms with Crippen molar-refractivity contribution in [1.29, 1.82) is 0 Å². The van der Waals surface area contributed by atoms with Crippen molar-refractivity contribution in [2.75, 3.05) is 5.32 Å². The van der Waals surface area contributed by atoms with Gasteiger partial charge in [-0.15, -0.1) is 0 Å². The van der Waals surface area contributed by atoms with Gasteiger partial charge in [-0.05, 0) is 116 Å². The quantitative estimate of drug-likeness (QED) is 0.0815. The van der Waals surface area contributed by atoms with Gasteiger partial charge in [-0.2, -0.15) is 13.2 Å². The zero-order valence-electron chi connectivity index (χ0n) is 35.1. The van der Waals surface area contributed by atoms with Gasteiger partial charge in [0.15, 0.2) is 0 Å². The lowest BCUT2D eigenvalue weighted by Crippen LogP contribution is -2.63. The number of anilines is 1. The van der Waals surface area contributed by atoms with Gasteiger partial charge in [0.1, 0.15) is 42.3 Å². The lowest BCUT2D eigenvalue weighted by atomic mass is 10.0. The minimum absolute atomic E-state index is 0.494. The van der Waals surface area contributed by atoms with Gasteiger partial charge in [-0.1, -0.05) is 0 Å². The fourth-order valence-corrected chi connectivity index (χ4v) is 4.67. The standard InChI is InChI=1S/C34H53IN10O9.C2HF3O2/c1-15(36)25(46)38-16(2)26(47)39-17(3)27(48)40-18(4)28(49)41-19(5)29(50)43-21(7)32(53)45(33(54)34(9,10)37)22(8)31(52)42-20(6)30(51)44-24-13-11-23(35)12-14-24;3-2(4,5)1(6)7/h11-22H,36-37H2,1-10H3,(H,38,46)(H,39,47)(H,40,48)(H,41,49)(H,42,52)(H,43,50)(H,44,51);(H,6,7)/t15-,16-,17-,18-,19-,20-,21-,22-;/m0./s1. The topological polar surface area (TPSA) is 330 Å². The average molecular weight is 987 g/mol. The Morgan fingerprint density at radius 1 is 0.590 bits per heavy atom. The molecule has 9 amide bonds. The van der Waals surface area contributed by atoms with Crippen LogP contribution in [0.1, 0.15) is 69.2 Å². The minimum atomic E-state index is -5.08. The molecule has 0 fully saturated rings. The van der Waals surface area contributed by atoms with Crippen molar-refractivity contribution >= 4 is 87.4 Å². The third kappa shape index (κ3) is 19.2. The first-order valence-corrected chi connectivity index (χ1v) is 19.4. The summed E-state index contributed by atoms with van der Waals surface area (Å²) in [6.07, 6.45) is -5.08. The molecular formula is C36H54F3IN10O11. The molecule has 0 bridgehead atoms. The summed E-state index contributed by atoms with van der Waals surface area (Å²) in [6, 6.07) is -2.39. The van der Waals surface area contributed by atoms with Gasteiger partial charge >= 0.3 is 12.1 Å². The number of hydrogen-bond donors (Lipinski definition) is 10. The van der Waals surface area contributed by atoms with Crippen LogP contribution in [0.3, 0.4) is 0 Å². The molecule has 61 heavy (non-hydrogen) atoms. The first-order chi connectivity index (χ1) is 27.7. The van der Waals surface area contributed by atoms with E-state index in [1.807, 2.05) is 0 Å². The van der Waals surface area contributed by atoms with Crippen LogP contribution in [0.2, 0.25) is 0 Å². The predicted molar refractivity (Wildman–Crippen MR) is 220 cm³/mol. The summed E-state index contributed by atoms with van der Waals surface area (Å²) in [5.41, 5.74) is 10.4. The van der Waals surface area contributed by atoms with E-state index in [0.29, 0.717) is 10.6 Å². The van der Waals surface area contributed by atoms with E-state index in [1.54, 1.807) is 24.3 Å². The highest BCUT2D eigenvalue weighted by Crippen LogP contribution is 2.15. The van der Waals surface area contributed by atoms with E-state index >= 15 is 0 Å². The Labute approximate surface area is 363 Å². The number of nitrogens with one attached hydrogen (secondary N) is 7.